The van der Waals surface area contributed by atoms with Gasteiger partial charge in [0.1, 0.15) is 18.7 Å². The molecule has 11 heteroatoms. The third kappa shape index (κ3) is 3.55. The number of nitrogens with zero attached hydrogens (tertiary/aromatic N) is 3. The molecule has 1 amide bonds. The van der Waals surface area contributed by atoms with E-state index in [9.17, 15) is 15.0 Å². The van der Waals surface area contributed by atoms with E-state index in [1.165, 1.54) is 12.8 Å². The monoisotopic (exact) mass is 397 g/mol. The Labute approximate surface area is 164 Å². The Kier molecular flexibility index (Phi) is 5.84. The molecule has 8 N–H and O–H groups in total. The molecular weight excluding hydrogens is 366 g/mol. The maximum atomic E-state index is 12.0. The lowest BCUT2D eigenvalue weighted by Crippen LogP contribution is -2.76. The minimum Gasteiger partial charge on any atom is -0.447 e. The molecule has 3 rings (SSSR count). The molecule has 11 nitrogen and oxygen atoms in total. The topological polar surface area (TPSA) is 171 Å². The fourth-order valence-corrected chi connectivity index (χ4v) is 4.19. The van der Waals surface area contributed by atoms with E-state index in [1.54, 1.807) is 4.90 Å². The molecule has 0 aromatic rings. The van der Waals surface area contributed by atoms with Crippen LogP contribution in [-0.2, 0) is 4.74 Å². The van der Waals surface area contributed by atoms with Gasteiger partial charge in [-0.3, -0.25) is 0 Å². The Morgan fingerprint density at radius 1 is 1.32 bits per heavy atom. The molecule has 158 valence electrons. The van der Waals surface area contributed by atoms with Gasteiger partial charge in [0.05, 0.1) is 0 Å². The molecule has 28 heavy (non-hydrogen) atoms. The first kappa shape index (κ1) is 20.5. The quantitative estimate of drug-likeness (QED) is 0.218. The second-order valence-corrected chi connectivity index (χ2v) is 7.56. The van der Waals surface area contributed by atoms with Crippen molar-refractivity contribution in [2.45, 2.75) is 69.0 Å². The molecule has 0 aliphatic carbocycles. The highest BCUT2D eigenvalue weighted by Gasteiger charge is 2.69. The average Bonchev–Trinajstić information content (AvgIpc) is 3.13. The number of hydrogen-bond donors (Lipinski definition) is 6. The van der Waals surface area contributed by atoms with E-state index in [4.69, 9.17) is 16.2 Å². The zero-order chi connectivity index (χ0) is 20.4. The summed E-state index contributed by atoms with van der Waals surface area (Å²) in [5, 5.41) is 26.7. The van der Waals surface area contributed by atoms with Crippen molar-refractivity contribution in [1.29, 1.82) is 0 Å². The minimum atomic E-state index is -2.11. The minimum absolute atomic E-state index is 0.0572. The number of guanidine groups is 2. The molecule has 0 aromatic heterocycles. The van der Waals surface area contributed by atoms with Crippen LogP contribution in [0.5, 0.6) is 0 Å². The third-order valence-electron chi connectivity index (χ3n) is 5.62. The van der Waals surface area contributed by atoms with E-state index < -0.39 is 29.6 Å². The summed E-state index contributed by atoms with van der Waals surface area (Å²) in [5.41, 5.74) is 10.5. The number of rotatable bonds is 8. The van der Waals surface area contributed by atoms with E-state index >= 15 is 0 Å². The lowest BCUT2D eigenvalue weighted by molar-refractivity contribution is -0.221. The van der Waals surface area contributed by atoms with Crippen molar-refractivity contribution in [3.05, 3.63) is 0 Å². The summed E-state index contributed by atoms with van der Waals surface area (Å²) in [5.74, 6) is -1.92. The highest BCUT2D eigenvalue weighted by molar-refractivity contribution is 5.87. The number of alkyl carbamates (subject to hydrolysis) is 1. The number of amides is 1. The van der Waals surface area contributed by atoms with E-state index in [0.717, 1.165) is 19.3 Å². The van der Waals surface area contributed by atoms with Gasteiger partial charge < -0.3 is 42.0 Å². The number of unbranched alkanes of at least 4 members (excludes halogenated alkanes) is 4. The Balaban J connectivity index is 1.58. The summed E-state index contributed by atoms with van der Waals surface area (Å²) in [4.78, 5) is 22.2. The largest absolute Gasteiger partial charge is 0.447 e. The van der Waals surface area contributed by atoms with Crippen LogP contribution in [0, 0.1) is 0 Å². The summed E-state index contributed by atoms with van der Waals surface area (Å²) >= 11 is 0. The summed E-state index contributed by atoms with van der Waals surface area (Å²) < 4.78 is 5.28. The third-order valence-corrected chi connectivity index (χ3v) is 5.62. The Morgan fingerprint density at radius 2 is 2.07 bits per heavy atom. The van der Waals surface area contributed by atoms with Crippen molar-refractivity contribution >= 4 is 18.0 Å². The van der Waals surface area contributed by atoms with Gasteiger partial charge in [-0.25, -0.2) is 14.8 Å². The van der Waals surface area contributed by atoms with Crippen molar-refractivity contribution in [3.8, 4) is 0 Å². The van der Waals surface area contributed by atoms with Gasteiger partial charge in [-0.1, -0.05) is 32.6 Å². The van der Waals surface area contributed by atoms with Gasteiger partial charge >= 0.3 is 6.09 Å². The Morgan fingerprint density at radius 3 is 2.82 bits per heavy atom. The van der Waals surface area contributed by atoms with Crippen LogP contribution in [0.25, 0.3) is 0 Å². The summed E-state index contributed by atoms with van der Waals surface area (Å²) in [6, 6.07) is -1.43. The molecule has 0 unspecified atom stereocenters. The van der Waals surface area contributed by atoms with Crippen LogP contribution in [0.1, 0.15) is 45.4 Å². The molecular formula is C17H31N7O4. The number of nitrogens with two attached hydrogens (primary N) is 2. The first-order chi connectivity index (χ1) is 13.3. The normalized spacial score (nSPS) is 30.0. The van der Waals surface area contributed by atoms with Gasteiger partial charge in [0.15, 0.2) is 17.6 Å². The number of carbonyl (C=O) groups excluding carboxylic acids is 1. The lowest BCUT2D eigenvalue weighted by atomic mass is 9.87. The average molecular weight is 397 g/mol. The summed E-state index contributed by atoms with van der Waals surface area (Å²) in [6.45, 7) is 2.89. The van der Waals surface area contributed by atoms with Crippen LogP contribution in [0.2, 0.25) is 0 Å². The number of hydrogen-bond acceptors (Lipinski definition) is 10. The second-order valence-electron chi connectivity index (χ2n) is 7.56. The number of carbonyl (C=O) groups is 1. The molecule has 1 saturated heterocycles. The molecule has 1 spiro atoms. The predicted octanol–water partition coefficient (Wildman–Crippen LogP) is -1.25. The van der Waals surface area contributed by atoms with Crippen molar-refractivity contribution in [2.24, 2.45) is 21.5 Å². The molecule has 1 fully saturated rings. The summed E-state index contributed by atoms with van der Waals surface area (Å²) in [6.07, 6.45) is 4.99. The van der Waals surface area contributed by atoms with E-state index in [1.807, 2.05) is 0 Å². The van der Waals surface area contributed by atoms with Gasteiger partial charge in [0.25, 0.3) is 0 Å². The smallest absolute Gasteiger partial charge is 0.407 e. The van der Waals surface area contributed by atoms with Crippen molar-refractivity contribution in [2.75, 3.05) is 19.7 Å². The maximum Gasteiger partial charge on any atom is 0.407 e. The molecule has 3 atom stereocenters. The second kappa shape index (κ2) is 8.00. The fraction of sp³-hybridized carbons (Fsp3) is 0.824. The van der Waals surface area contributed by atoms with Gasteiger partial charge in [-0.05, 0) is 6.42 Å². The van der Waals surface area contributed by atoms with E-state index in [0.29, 0.717) is 13.1 Å². The van der Waals surface area contributed by atoms with Crippen LogP contribution in [0.4, 0.5) is 4.79 Å². The lowest BCUT2D eigenvalue weighted by Gasteiger charge is -2.48. The van der Waals surface area contributed by atoms with Gasteiger partial charge in [0.2, 0.25) is 5.79 Å². The predicted molar refractivity (Wildman–Crippen MR) is 103 cm³/mol. The standard InChI is InChI=1S/C17H31N7O4/c1-2-3-4-5-6-8-20-15(25)28-10-11-12-17(23-13(18)22-12)16(26,27)7-9-24(17)14(19)21-11/h11-12,26-27H,2-10H2,1H3,(H2,19,21)(H,20,25)(H3,18,22,23)/t11-,12-,17-/m0/s1. The maximum absolute atomic E-state index is 12.0. The van der Waals surface area contributed by atoms with E-state index in [-0.39, 0.29) is 24.9 Å². The van der Waals surface area contributed by atoms with Crippen molar-refractivity contribution < 1.29 is 19.7 Å². The highest BCUT2D eigenvalue weighted by Crippen LogP contribution is 2.44. The van der Waals surface area contributed by atoms with Crippen LogP contribution in [0.3, 0.4) is 0 Å². The first-order valence-electron chi connectivity index (χ1n) is 9.89. The molecule has 3 aliphatic heterocycles. The molecule has 3 aliphatic rings. The molecule has 0 radical (unpaired) electrons. The number of aliphatic hydroxyl groups is 2. The van der Waals surface area contributed by atoms with E-state index in [2.05, 4.69) is 27.5 Å². The number of ether oxygens (including phenoxy) is 1. The SMILES string of the molecule is CCCCCCCNC(=O)OC[C@@H]1N=C(N)N2CCC(O)(O)[C@@]23NC(N)=N[C@@H]13. The Hall–Kier alpha value is -2.27. The van der Waals surface area contributed by atoms with Crippen LogP contribution >= 0.6 is 0 Å². The molecule has 0 aromatic carbocycles. The Bertz CT molecular complexity index is 653. The van der Waals surface area contributed by atoms with Crippen LogP contribution < -0.4 is 22.1 Å². The summed E-state index contributed by atoms with van der Waals surface area (Å²) in [7, 11) is 0. The van der Waals surface area contributed by atoms with Crippen LogP contribution in [0.15, 0.2) is 9.98 Å². The van der Waals surface area contributed by atoms with Crippen molar-refractivity contribution in [3.63, 3.8) is 0 Å². The zero-order valence-electron chi connectivity index (χ0n) is 16.2. The molecule has 3 heterocycles. The first-order valence-corrected chi connectivity index (χ1v) is 9.89. The van der Waals surface area contributed by atoms with Gasteiger partial charge in [-0.2, -0.15) is 0 Å². The number of aliphatic imine (C=N–C) groups is 2. The zero-order valence-corrected chi connectivity index (χ0v) is 16.2. The van der Waals surface area contributed by atoms with Crippen LogP contribution in [-0.4, -0.2) is 76.4 Å². The molecule has 0 saturated carbocycles. The number of nitrogens with one attached hydrogen (secondary N) is 2. The van der Waals surface area contributed by atoms with Gasteiger partial charge in [0, 0.05) is 19.5 Å². The fourth-order valence-electron chi connectivity index (χ4n) is 4.19. The van der Waals surface area contributed by atoms with Crippen molar-refractivity contribution in [1.82, 2.24) is 15.5 Å². The molecule has 0 bridgehead atoms. The highest BCUT2D eigenvalue weighted by atomic mass is 16.5. The van der Waals surface area contributed by atoms with Gasteiger partial charge in [-0.15, -0.1) is 0 Å².